The molecule has 120 valence electrons. The smallest absolute Gasteiger partial charge is 0.352 e. The second kappa shape index (κ2) is 5.62. The lowest BCUT2D eigenvalue weighted by molar-refractivity contribution is -0.182. The molecule has 21 heavy (non-hydrogen) atoms. The third-order valence-corrected chi connectivity index (χ3v) is 5.71. The van der Waals surface area contributed by atoms with Gasteiger partial charge in [0, 0.05) is 38.6 Å². The third kappa shape index (κ3) is 3.24. The zero-order chi connectivity index (χ0) is 15.8. The van der Waals surface area contributed by atoms with Crippen molar-refractivity contribution in [2.45, 2.75) is 30.5 Å². The molecule has 0 amide bonds. The Morgan fingerprint density at radius 3 is 2.33 bits per heavy atom. The van der Waals surface area contributed by atoms with E-state index in [0.29, 0.717) is 5.69 Å². The molecule has 0 saturated carbocycles. The summed E-state index contributed by atoms with van der Waals surface area (Å²) in [4.78, 5) is 0.0795. The molecule has 2 heterocycles. The molecule has 1 aliphatic heterocycles. The van der Waals surface area contributed by atoms with E-state index in [4.69, 9.17) is 5.73 Å². The van der Waals surface area contributed by atoms with Gasteiger partial charge in [0.15, 0.2) is 0 Å². The van der Waals surface area contributed by atoms with Gasteiger partial charge >= 0.3 is 6.18 Å². The Bertz CT molecular complexity index is 602. The molecule has 1 saturated heterocycles. The summed E-state index contributed by atoms with van der Waals surface area (Å²) in [5.41, 5.74) is 6.15. The number of hydrogen-bond acceptors (Lipinski definition) is 3. The van der Waals surface area contributed by atoms with Gasteiger partial charge in [0.2, 0.25) is 10.0 Å². The molecule has 1 aromatic heterocycles. The SMILES string of the molecule is Cn1cc(S(=O)(=O)N2CCC(C(F)(F)F)CC2)cc1CN. The molecule has 0 spiro atoms. The Labute approximate surface area is 121 Å². The van der Waals surface area contributed by atoms with Crippen LogP contribution in [-0.2, 0) is 23.6 Å². The predicted molar refractivity (Wildman–Crippen MR) is 70.8 cm³/mol. The number of aryl methyl sites for hydroxylation is 1. The maximum Gasteiger partial charge on any atom is 0.391 e. The van der Waals surface area contributed by atoms with Crippen LogP contribution >= 0.6 is 0 Å². The number of piperidine rings is 1. The second-order valence-corrected chi connectivity index (χ2v) is 7.14. The van der Waals surface area contributed by atoms with Gasteiger partial charge < -0.3 is 10.3 Å². The fraction of sp³-hybridized carbons (Fsp3) is 0.667. The van der Waals surface area contributed by atoms with Crippen LogP contribution in [0.3, 0.4) is 0 Å². The van der Waals surface area contributed by atoms with Crippen LogP contribution in [0, 0.1) is 5.92 Å². The lowest BCUT2D eigenvalue weighted by Crippen LogP contribution is -2.41. The normalized spacial score (nSPS) is 19.1. The van der Waals surface area contributed by atoms with Gasteiger partial charge in [0.1, 0.15) is 4.90 Å². The van der Waals surface area contributed by atoms with Crippen LogP contribution in [0.15, 0.2) is 17.2 Å². The van der Waals surface area contributed by atoms with E-state index in [1.54, 1.807) is 11.6 Å². The molecular weight excluding hydrogens is 307 g/mol. The van der Waals surface area contributed by atoms with Gasteiger partial charge in [-0.05, 0) is 18.9 Å². The maximum atomic E-state index is 12.6. The third-order valence-electron chi connectivity index (χ3n) is 3.85. The zero-order valence-corrected chi connectivity index (χ0v) is 12.4. The monoisotopic (exact) mass is 325 g/mol. The number of nitrogens with zero attached hydrogens (tertiary/aromatic N) is 2. The number of alkyl halides is 3. The Balaban J connectivity index is 2.15. The fourth-order valence-electron chi connectivity index (χ4n) is 2.49. The molecule has 1 aliphatic rings. The van der Waals surface area contributed by atoms with Crippen molar-refractivity contribution in [2.24, 2.45) is 18.7 Å². The number of nitrogens with two attached hydrogens (primary N) is 1. The molecule has 0 aliphatic carbocycles. The molecule has 0 radical (unpaired) electrons. The standard InChI is InChI=1S/C12H18F3N3O2S/c1-17-8-11(6-10(17)7-16)21(19,20)18-4-2-9(3-5-18)12(13,14)15/h6,8-9H,2-5,7,16H2,1H3. The van der Waals surface area contributed by atoms with Crippen molar-refractivity contribution in [3.63, 3.8) is 0 Å². The summed E-state index contributed by atoms with van der Waals surface area (Å²) in [7, 11) is -2.08. The van der Waals surface area contributed by atoms with Gasteiger partial charge in [-0.3, -0.25) is 0 Å². The molecule has 2 rings (SSSR count). The minimum atomic E-state index is -4.25. The summed E-state index contributed by atoms with van der Waals surface area (Å²) < 4.78 is 65.4. The fourth-order valence-corrected chi connectivity index (χ4v) is 4.06. The minimum absolute atomic E-state index is 0.0795. The van der Waals surface area contributed by atoms with E-state index >= 15 is 0 Å². The van der Waals surface area contributed by atoms with Gasteiger partial charge in [0.05, 0.1) is 5.92 Å². The summed E-state index contributed by atoms with van der Waals surface area (Å²) in [6.07, 6.45) is -3.21. The first-order chi connectivity index (χ1) is 9.66. The topological polar surface area (TPSA) is 68.3 Å². The van der Waals surface area contributed by atoms with E-state index in [0.717, 1.165) is 4.31 Å². The van der Waals surface area contributed by atoms with E-state index in [2.05, 4.69) is 0 Å². The van der Waals surface area contributed by atoms with Gasteiger partial charge in [-0.25, -0.2) is 8.42 Å². The highest BCUT2D eigenvalue weighted by Crippen LogP contribution is 2.35. The van der Waals surface area contributed by atoms with Crippen LogP contribution in [0.1, 0.15) is 18.5 Å². The molecule has 1 aromatic rings. The molecule has 0 atom stereocenters. The first-order valence-electron chi connectivity index (χ1n) is 6.58. The average molecular weight is 325 g/mol. The summed E-state index contributed by atoms with van der Waals surface area (Å²) in [6, 6.07) is 1.46. The van der Waals surface area contributed by atoms with Crippen molar-refractivity contribution in [2.75, 3.05) is 13.1 Å². The quantitative estimate of drug-likeness (QED) is 0.914. The van der Waals surface area contributed by atoms with Crippen LogP contribution in [-0.4, -0.2) is 36.6 Å². The predicted octanol–water partition coefficient (Wildman–Crippen LogP) is 1.45. The van der Waals surface area contributed by atoms with Crippen LogP contribution < -0.4 is 5.73 Å². The average Bonchev–Trinajstić information content (AvgIpc) is 2.80. The molecule has 0 aromatic carbocycles. The maximum absolute atomic E-state index is 12.6. The molecule has 2 N–H and O–H groups in total. The van der Waals surface area contributed by atoms with Crippen molar-refractivity contribution in [3.8, 4) is 0 Å². The number of rotatable bonds is 3. The largest absolute Gasteiger partial charge is 0.391 e. The molecule has 0 bridgehead atoms. The Morgan fingerprint density at radius 1 is 1.33 bits per heavy atom. The molecule has 5 nitrogen and oxygen atoms in total. The first-order valence-corrected chi connectivity index (χ1v) is 8.02. The lowest BCUT2D eigenvalue weighted by atomic mass is 9.98. The van der Waals surface area contributed by atoms with Crippen molar-refractivity contribution in [3.05, 3.63) is 18.0 Å². The van der Waals surface area contributed by atoms with Crippen molar-refractivity contribution in [1.29, 1.82) is 0 Å². The summed E-state index contributed by atoms with van der Waals surface area (Å²) in [5, 5.41) is 0. The van der Waals surface area contributed by atoms with E-state index < -0.39 is 22.1 Å². The van der Waals surface area contributed by atoms with Gasteiger partial charge in [0.25, 0.3) is 0 Å². The van der Waals surface area contributed by atoms with Gasteiger partial charge in [-0.15, -0.1) is 0 Å². The zero-order valence-electron chi connectivity index (χ0n) is 11.6. The molecule has 9 heteroatoms. The number of hydrogen-bond donors (Lipinski definition) is 1. The Kier molecular flexibility index (Phi) is 4.36. The lowest BCUT2D eigenvalue weighted by Gasteiger charge is -2.31. The second-order valence-electron chi connectivity index (χ2n) is 5.20. The number of halogens is 3. The van der Waals surface area contributed by atoms with Crippen molar-refractivity contribution >= 4 is 10.0 Å². The van der Waals surface area contributed by atoms with E-state index in [1.165, 1.54) is 12.3 Å². The van der Waals surface area contributed by atoms with Crippen LogP contribution in [0.2, 0.25) is 0 Å². The van der Waals surface area contributed by atoms with Crippen LogP contribution in [0.5, 0.6) is 0 Å². The summed E-state index contributed by atoms with van der Waals surface area (Å²) in [5.74, 6) is -1.42. The highest BCUT2D eigenvalue weighted by molar-refractivity contribution is 7.89. The van der Waals surface area contributed by atoms with Crippen LogP contribution in [0.4, 0.5) is 13.2 Å². The first kappa shape index (κ1) is 16.3. The molecular formula is C12H18F3N3O2S. The van der Waals surface area contributed by atoms with E-state index in [-0.39, 0.29) is 37.4 Å². The van der Waals surface area contributed by atoms with E-state index in [1.807, 2.05) is 0 Å². The molecule has 0 unspecified atom stereocenters. The van der Waals surface area contributed by atoms with E-state index in [9.17, 15) is 21.6 Å². The molecule has 1 fully saturated rings. The Morgan fingerprint density at radius 2 is 1.90 bits per heavy atom. The van der Waals surface area contributed by atoms with Crippen molar-refractivity contribution < 1.29 is 21.6 Å². The highest BCUT2D eigenvalue weighted by Gasteiger charge is 2.43. The minimum Gasteiger partial charge on any atom is -0.352 e. The number of aromatic nitrogens is 1. The summed E-state index contributed by atoms with van der Waals surface area (Å²) >= 11 is 0. The Hall–Kier alpha value is -1.06. The summed E-state index contributed by atoms with van der Waals surface area (Å²) in [6.45, 7) is -0.0269. The number of sulfonamides is 1. The van der Waals surface area contributed by atoms with Crippen molar-refractivity contribution in [1.82, 2.24) is 8.87 Å². The van der Waals surface area contributed by atoms with Gasteiger partial charge in [-0.1, -0.05) is 0 Å². The van der Waals surface area contributed by atoms with Crippen LogP contribution in [0.25, 0.3) is 0 Å². The highest BCUT2D eigenvalue weighted by atomic mass is 32.2. The van der Waals surface area contributed by atoms with Gasteiger partial charge in [-0.2, -0.15) is 17.5 Å².